The summed E-state index contributed by atoms with van der Waals surface area (Å²) in [6.45, 7) is 16.0. The number of aryl methyl sites for hydroxylation is 10. The van der Waals surface area contributed by atoms with Crippen LogP contribution in [0.1, 0.15) is 117 Å². The number of pyridine rings is 12. The molecule has 40 heteroatoms. The highest BCUT2D eigenvalue weighted by Crippen LogP contribution is 2.52. The van der Waals surface area contributed by atoms with E-state index in [9.17, 15) is 19.2 Å². The fourth-order valence-electron chi connectivity index (χ4n) is 18.5. The lowest BCUT2D eigenvalue weighted by atomic mass is 10.0. The summed E-state index contributed by atoms with van der Waals surface area (Å²) in [6, 6.07) is 26.9. The molecule has 4 fully saturated rings. The van der Waals surface area contributed by atoms with Crippen LogP contribution in [0.2, 0.25) is 0 Å². The number of nitrogens with two attached hydrogens (primary N) is 4. The molecule has 24 rings (SSSR count). The number of aromatic nitrogens is 24. The summed E-state index contributed by atoms with van der Waals surface area (Å²) in [7, 11) is 14.9. The zero-order chi connectivity index (χ0) is 100. The normalized spacial score (nSPS) is 17.6. The van der Waals surface area contributed by atoms with Crippen molar-refractivity contribution in [1.82, 2.24) is 129 Å². The van der Waals surface area contributed by atoms with Gasteiger partial charge in [0.15, 0.2) is 0 Å². The Labute approximate surface area is 824 Å². The summed E-state index contributed by atoms with van der Waals surface area (Å²) in [4.78, 5) is 106. The van der Waals surface area contributed by atoms with Gasteiger partial charge in [-0.25, -0.2) is 39.9 Å². The maximum absolute atomic E-state index is 12.8. The minimum Gasteiger partial charge on any atom is -0.383 e. The van der Waals surface area contributed by atoms with Crippen LogP contribution in [0, 0.1) is 51.4 Å². The molecule has 12 N–H and O–H groups in total. The van der Waals surface area contributed by atoms with Crippen LogP contribution in [0.5, 0.6) is 0 Å². The molecule has 2 aliphatic heterocycles. The Hall–Kier alpha value is -18.4. The lowest BCUT2D eigenvalue weighted by Crippen LogP contribution is -2.17. The van der Waals surface area contributed by atoms with Crippen molar-refractivity contribution in [2.75, 3.05) is 58.3 Å². The highest BCUT2D eigenvalue weighted by molar-refractivity contribution is 6.04. The molecule has 8 atom stereocenters. The Morgan fingerprint density at radius 1 is 0.326 bits per heavy atom. The lowest BCUT2D eigenvalue weighted by Gasteiger charge is -2.22. The molecule has 18 aromatic rings. The van der Waals surface area contributed by atoms with Crippen LogP contribution in [0.4, 0.5) is 46.5 Å². The lowest BCUT2D eigenvalue weighted by molar-refractivity contribution is -0.118. The van der Waals surface area contributed by atoms with Crippen LogP contribution in [0.25, 0.3) is 122 Å². The Kier molecular flexibility index (Phi) is 23.5. The first-order valence-corrected chi connectivity index (χ1v) is 46.6. The Morgan fingerprint density at radius 2 is 0.611 bits per heavy atom. The summed E-state index contributed by atoms with van der Waals surface area (Å²) in [5.74, 6) is 3.74. The van der Waals surface area contributed by atoms with E-state index >= 15 is 0 Å². The smallest absolute Gasteiger partial charge is 0.229 e. The maximum Gasteiger partial charge on any atom is 0.229 e. The van der Waals surface area contributed by atoms with E-state index in [1.54, 1.807) is 87.7 Å². The molecule has 6 aliphatic rings. The number of anilines is 8. The molecule has 0 spiro atoms. The van der Waals surface area contributed by atoms with Gasteiger partial charge in [-0.3, -0.25) is 77.2 Å². The minimum atomic E-state index is -0.0792. The van der Waals surface area contributed by atoms with Crippen molar-refractivity contribution in [3.63, 3.8) is 0 Å². The summed E-state index contributed by atoms with van der Waals surface area (Å²) in [5, 5.41) is 55.8. The molecular weight excluding hydrogens is 1820 g/mol. The number of hydrogen-bond acceptors (Lipinski definition) is 30. The predicted octanol–water partition coefficient (Wildman–Crippen LogP) is 13.5. The van der Waals surface area contributed by atoms with Crippen LogP contribution < -0.4 is 44.2 Å². The monoisotopic (exact) mass is 1920 g/mol. The second kappa shape index (κ2) is 36.7. The van der Waals surface area contributed by atoms with Gasteiger partial charge in [0.05, 0.1) is 94.2 Å². The van der Waals surface area contributed by atoms with Gasteiger partial charge in [-0.05, 0) is 217 Å². The van der Waals surface area contributed by atoms with E-state index in [4.69, 9.17) is 32.9 Å². The molecule has 4 aliphatic carbocycles. The van der Waals surface area contributed by atoms with E-state index in [1.165, 1.54) is 0 Å². The molecule has 18 aromatic heterocycles. The van der Waals surface area contributed by atoms with Crippen LogP contribution in [0.3, 0.4) is 0 Å². The molecular formula is C104H100N36O4. The van der Waals surface area contributed by atoms with Gasteiger partial charge in [-0.1, -0.05) is 13.2 Å². The Bertz CT molecular complexity index is 7920. The zero-order valence-electron chi connectivity index (χ0n) is 80.8. The van der Waals surface area contributed by atoms with E-state index in [-0.39, 0.29) is 71.0 Å². The highest BCUT2D eigenvalue weighted by atomic mass is 16.2. The molecule has 144 heavy (non-hydrogen) atoms. The molecule has 4 amide bonds. The van der Waals surface area contributed by atoms with Crippen molar-refractivity contribution in [3.05, 3.63) is 265 Å². The fourth-order valence-corrected chi connectivity index (χ4v) is 18.5. The summed E-state index contributed by atoms with van der Waals surface area (Å²) >= 11 is 0. The van der Waals surface area contributed by atoms with Gasteiger partial charge in [0.2, 0.25) is 23.6 Å². The second-order valence-electron chi connectivity index (χ2n) is 37.3. The van der Waals surface area contributed by atoms with Crippen LogP contribution in [-0.4, -0.2) is 179 Å². The van der Waals surface area contributed by atoms with Crippen molar-refractivity contribution in [2.45, 2.75) is 77.0 Å². The molecule has 0 bridgehead atoms. The molecule has 40 nitrogen and oxygen atoms in total. The molecule has 720 valence electrons. The van der Waals surface area contributed by atoms with Crippen LogP contribution >= 0.6 is 0 Å². The number of carbonyl (C=O) groups is 4. The zero-order valence-corrected chi connectivity index (χ0v) is 80.8. The third kappa shape index (κ3) is 18.7. The molecule has 0 saturated heterocycles. The SMILES string of the molecule is C=C1c2nc(C)c(-c3cc4cc(NC(=O)[C@@H]5C[C@H]5c5cnn(C)c5)ncc4c(N)n3)cc2C=NN1C.C=C1c2nc(C)c(-c3cc4cc(NC(=O)[C@H]5C[C@@H]5c5cnn(C)c5)ncc4c(N)n3)cc2C=NN1C.Cc1cc(-c2ccn(C)n2)ncc1-c1cc2cc(NC(=O)[C@@H]3C[C@H]3c3cnn(C)c3)ncc2c(N)n1.Cc1cc(-c2ccn(C)n2)ncc1-c1cc2cc(NC(=O)[C@H]3C[C@@H]3c3cnn(C)c3)ncc2c(N)n1. The molecule has 0 unspecified atom stereocenters. The summed E-state index contributed by atoms with van der Waals surface area (Å²) in [6.07, 6.45) is 35.8. The van der Waals surface area contributed by atoms with Gasteiger partial charge in [-0.15, -0.1) is 0 Å². The third-order valence-corrected chi connectivity index (χ3v) is 26.9. The van der Waals surface area contributed by atoms with E-state index in [0.29, 0.717) is 69.3 Å². The maximum atomic E-state index is 12.8. The van der Waals surface area contributed by atoms with E-state index in [0.717, 1.165) is 192 Å². The van der Waals surface area contributed by atoms with Crippen molar-refractivity contribution in [3.8, 4) is 67.8 Å². The summed E-state index contributed by atoms with van der Waals surface area (Å²) in [5.41, 5.74) is 47.4. The number of hydrazone groups is 2. The topological polar surface area (TPSA) is 513 Å². The number of hydrogen-bond donors (Lipinski definition) is 8. The molecule has 0 aromatic carbocycles. The van der Waals surface area contributed by atoms with Crippen LogP contribution in [-0.2, 0) is 61.5 Å². The number of carbonyl (C=O) groups excluding carboxylic acids is 4. The first-order chi connectivity index (χ1) is 69.3. The average molecular weight is 1920 g/mol. The van der Waals surface area contributed by atoms with Gasteiger partial charge >= 0.3 is 0 Å². The predicted molar refractivity (Wildman–Crippen MR) is 552 cm³/mol. The van der Waals surface area contributed by atoms with E-state index < -0.39 is 0 Å². The van der Waals surface area contributed by atoms with Gasteiger partial charge in [-0.2, -0.15) is 40.8 Å². The van der Waals surface area contributed by atoms with Gasteiger partial charge in [0.1, 0.15) is 57.9 Å². The molecule has 4 saturated carbocycles. The number of rotatable bonds is 18. The van der Waals surface area contributed by atoms with E-state index in [1.807, 2.05) is 231 Å². The molecule has 20 heterocycles. The molecule has 0 radical (unpaired) electrons. The number of amides is 4. The highest BCUT2D eigenvalue weighted by Gasteiger charge is 2.48. The Morgan fingerprint density at radius 3 is 0.868 bits per heavy atom. The fraction of sp³-hybridized carbons (Fsp3) is 0.231. The number of nitrogen functional groups attached to an aromatic ring is 4. The van der Waals surface area contributed by atoms with E-state index in [2.05, 4.69) is 125 Å². The quantitative estimate of drug-likeness (QED) is 0.0395. The number of fused-ring (bicyclic) bond motifs is 6. The number of nitrogens with one attached hydrogen (secondary N) is 4. The summed E-state index contributed by atoms with van der Waals surface area (Å²) < 4.78 is 10.5. The standard InChI is InChI=1S/4C26H25N9O/c2*1-13-18(5-16-9-30-35(4)14(2)24(16)31-13)22-6-15-7-23(28-11-21(15)25(27)32-22)33-26(36)20-8-19(20)17-10-29-34(3)12-17;2*1-14-6-23(21-4-5-34(2)33-21)28-11-19(14)22-7-15-8-24(29-12-20(15)25(27)31-22)32-26(36)18-9-17(18)16-10-30-35(3)13-16/h2*5-7,9-12,19-20H,2,8H2,1,3-4H3,(H2,27,32)(H,28,33,36);2*4-8,10-13,17-18H,9H2,1-3H3,(H2,27,31)(H,29,32,36)/t2*19-,20+;2*17-,18+/m1010/s1. The second-order valence-corrected chi connectivity index (χ2v) is 37.3. The van der Waals surface area contributed by atoms with Gasteiger partial charge in [0.25, 0.3) is 0 Å². The van der Waals surface area contributed by atoms with Crippen molar-refractivity contribution in [1.29, 1.82) is 0 Å². The van der Waals surface area contributed by atoms with Crippen molar-refractivity contribution < 1.29 is 19.2 Å². The first kappa shape index (κ1) is 92.0. The number of nitrogens with zero attached hydrogens (tertiary/aromatic N) is 28. The average Bonchev–Trinajstić information content (AvgIpc) is 0.895. The third-order valence-electron chi connectivity index (χ3n) is 26.9. The largest absolute Gasteiger partial charge is 0.383 e. The van der Waals surface area contributed by atoms with Crippen LogP contribution in [0.15, 0.2) is 207 Å². The van der Waals surface area contributed by atoms with Gasteiger partial charge < -0.3 is 44.2 Å². The van der Waals surface area contributed by atoms with Crippen molar-refractivity contribution >= 4 is 137 Å². The van der Waals surface area contributed by atoms with Gasteiger partial charge in [0, 0.05) is 221 Å². The Balaban J connectivity index is 0.000000113. The first-order valence-electron chi connectivity index (χ1n) is 46.6. The minimum absolute atomic E-state index is 0.0388. The van der Waals surface area contributed by atoms with Crippen molar-refractivity contribution in [2.24, 2.45) is 76.2 Å².